The van der Waals surface area contributed by atoms with E-state index in [4.69, 9.17) is 0 Å². The van der Waals surface area contributed by atoms with Gasteiger partial charge >= 0.3 is 5.97 Å². The maximum atomic E-state index is 13.8. The third kappa shape index (κ3) is 6.31. The summed E-state index contributed by atoms with van der Waals surface area (Å²) in [6.07, 6.45) is 2.06. The number of carbonyl (C=O) groups is 3. The average Bonchev–Trinajstić information content (AvgIpc) is 2.97. The molecule has 0 radical (unpaired) electrons. The number of aromatic nitrogens is 1. The minimum absolute atomic E-state index is 0.0817. The molecule has 0 fully saturated rings. The summed E-state index contributed by atoms with van der Waals surface area (Å²) in [7, 11) is 1.66. The van der Waals surface area contributed by atoms with Crippen molar-refractivity contribution in [3.63, 3.8) is 0 Å². The number of carboxylic acid groups (broad SMARTS) is 1. The number of carboxylic acids is 1. The summed E-state index contributed by atoms with van der Waals surface area (Å²) in [4.78, 5) is 46.0. The Labute approximate surface area is 222 Å². The maximum Gasteiger partial charge on any atom is 0.305 e. The van der Waals surface area contributed by atoms with Crippen LogP contribution < -0.4 is 4.90 Å². The van der Waals surface area contributed by atoms with E-state index in [1.165, 1.54) is 4.90 Å². The van der Waals surface area contributed by atoms with E-state index in [9.17, 15) is 19.5 Å². The van der Waals surface area contributed by atoms with Crippen LogP contribution in [0.4, 0.5) is 5.82 Å². The third-order valence-corrected chi connectivity index (χ3v) is 6.30. The smallest absolute Gasteiger partial charge is 0.305 e. The highest BCUT2D eigenvalue weighted by Gasteiger charge is 2.24. The van der Waals surface area contributed by atoms with Gasteiger partial charge in [0.1, 0.15) is 5.82 Å². The van der Waals surface area contributed by atoms with Crippen LogP contribution in [0.2, 0.25) is 0 Å². The highest BCUT2D eigenvalue weighted by molar-refractivity contribution is 6.11. The minimum Gasteiger partial charge on any atom is -0.481 e. The van der Waals surface area contributed by atoms with Gasteiger partial charge in [-0.3, -0.25) is 19.3 Å². The third-order valence-electron chi connectivity index (χ3n) is 6.30. The van der Waals surface area contributed by atoms with Crippen LogP contribution in [-0.4, -0.2) is 52.9 Å². The molecule has 192 valence electrons. The zero-order valence-corrected chi connectivity index (χ0v) is 21.2. The zero-order valence-electron chi connectivity index (χ0n) is 21.2. The summed E-state index contributed by atoms with van der Waals surface area (Å²) < 4.78 is 0. The number of anilines is 1. The van der Waals surface area contributed by atoms with Crippen molar-refractivity contribution >= 4 is 23.6 Å². The van der Waals surface area contributed by atoms with Gasteiger partial charge in [0.2, 0.25) is 0 Å². The van der Waals surface area contributed by atoms with Gasteiger partial charge in [-0.25, -0.2) is 4.98 Å². The highest BCUT2D eigenvalue weighted by Crippen LogP contribution is 2.29. The number of hydrogen-bond donors (Lipinski definition) is 1. The number of aliphatic carboxylic acids is 1. The molecular formula is C31H29N3O4. The molecule has 4 rings (SSSR count). The molecule has 0 unspecified atom stereocenters. The van der Waals surface area contributed by atoms with Gasteiger partial charge in [-0.2, -0.15) is 0 Å². The van der Waals surface area contributed by atoms with Gasteiger partial charge in [0.05, 0.1) is 6.42 Å². The van der Waals surface area contributed by atoms with Crippen LogP contribution in [0, 0.1) is 0 Å². The van der Waals surface area contributed by atoms with Crippen molar-refractivity contribution < 1.29 is 19.5 Å². The largest absolute Gasteiger partial charge is 0.481 e. The van der Waals surface area contributed by atoms with Crippen LogP contribution >= 0.6 is 0 Å². The second-order valence-electron chi connectivity index (χ2n) is 8.81. The number of nitrogens with zero attached hydrogens (tertiary/aromatic N) is 3. The van der Waals surface area contributed by atoms with Crippen LogP contribution in [0.3, 0.4) is 0 Å². The molecule has 4 aromatic rings. The Morgan fingerprint density at radius 1 is 0.711 bits per heavy atom. The fourth-order valence-electron chi connectivity index (χ4n) is 4.27. The number of amides is 2. The standard InChI is InChI=1S/C31H29N3O4/c1-33(28-17-9-10-20-32-28)30(37)26-15-7-5-13-24(26)25-14-6-8-16-27(25)31(38)34(22-19-29(35)36)21-18-23-11-3-2-4-12-23/h2-17,20H,18-19,21-22H2,1H3,(H,35,36). The lowest BCUT2D eigenvalue weighted by Crippen LogP contribution is -2.35. The van der Waals surface area contributed by atoms with Crippen LogP contribution in [0.1, 0.15) is 32.7 Å². The van der Waals surface area contributed by atoms with Crippen molar-refractivity contribution in [2.75, 3.05) is 25.0 Å². The molecule has 0 bridgehead atoms. The summed E-state index contributed by atoms with van der Waals surface area (Å²) in [6, 6.07) is 29.4. The van der Waals surface area contributed by atoms with E-state index in [2.05, 4.69) is 4.98 Å². The normalized spacial score (nSPS) is 10.6. The first-order chi connectivity index (χ1) is 18.5. The fourth-order valence-corrected chi connectivity index (χ4v) is 4.27. The van der Waals surface area contributed by atoms with Crippen LogP contribution in [0.5, 0.6) is 0 Å². The van der Waals surface area contributed by atoms with Crippen molar-refractivity contribution in [3.8, 4) is 11.1 Å². The van der Waals surface area contributed by atoms with E-state index >= 15 is 0 Å². The summed E-state index contributed by atoms with van der Waals surface area (Å²) >= 11 is 0. The second-order valence-corrected chi connectivity index (χ2v) is 8.81. The van der Waals surface area contributed by atoms with Crippen LogP contribution in [0.25, 0.3) is 11.1 Å². The Balaban J connectivity index is 1.67. The molecule has 0 aliphatic heterocycles. The molecule has 1 N–H and O–H groups in total. The molecule has 1 heterocycles. The monoisotopic (exact) mass is 507 g/mol. The van der Waals surface area contributed by atoms with Crippen LogP contribution in [-0.2, 0) is 11.2 Å². The molecule has 2 amide bonds. The second kappa shape index (κ2) is 12.5. The number of pyridine rings is 1. The first-order valence-electron chi connectivity index (χ1n) is 12.4. The number of hydrogen-bond acceptors (Lipinski definition) is 4. The summed E-state index contributed by atoms with van der Waals surface area (Å²) in [5, 5.41) is 9.29. The van der Waals surface area contributed by atoms with E-state index in [1.807, 2.05) is 60.7 Å². The van der Waals surface area contributed by atoms with E-state index < -0.39 is 5.97 Å². The first kappa shape index (κ1) is 26.3. The van der Waals surface area contributed by atoms with Crippen molar-refractivity contribution in [2.24, 2.45) is 0 Å². The molecule has 0 spiro atoms. The fraction of sp³-hybridized carbons (Fsp3) is 0.161. The Morgan fingerprint density at radius 2 is 1.29 bits per heavy atom. The van der Waals surface area contributed by atoms with Crippen LogP contribution in [0.15, 0.2) is 103 Å². The predicted octanol–water partition coefficient (Wildman–Crippen LogP) is 5.18. The Kier molecular flexibility index (Phi) is 8.61. The molecule has 38 heavy (non-hydrogen) atoms. The molecule has 1 aromatic heterocycles. The topological polar surface area (TPSA) is 90.8 Å². The lowest BCUT2D eigenvalue weighted by molar-refractivity contribution is -0.137. The van der Waals surface area contributed by atoms with Crippen molar-refractivity contribution in [1.29, 1.82) is 0 Å². The van der Waals surface area contributed by atoms with Crippen molar-refractivity contribution in [1.82, 2.24) is 9.88 Å². The molecule has 0 atom stereocenters. The lowest BCUT2D eigenvalue weighted by Gasteiger charge is -2.24. The lowest BCUT2D eigenvalue weighted by atomic mass is 9.94. The maximum absolute atomic E-state index is 13.8. The molecule has 7 heteroatoms. The predicted molar refractivity (Wildman–Crippen MR) is 147 cm³/mol. The van der Waals surface area contributed by atoms with E-state index in [1.54, 1.807) is 54.5 Å². The molecule has 7 nitrogen and oxygen atoms in total. The van der Waals surface area contributed by atoms with Gasteiger partial charge in [-0.05, 0) is 47.4 Å². The van der Waals surface area contributed by atoms with Gasteiger partial charge < -0.3 is 10.0 Å². The van der Waals surface area contributed by atoms with E-state index in [0.717, 1.165) is 5.56 Å². The Bertz CT molecular complexity index is 1410. The highest BCUT2D eigenvalue weighted by atomic mass is 16.4. The molecule has 0 saturated heterocycles. The van der Waals surface area contributed by atoms with Crippen molar-refractivity contribution in [3.05, 3.63) is 120 Å². The van der Waals surface area contributed by atoms with Gasteiger partial charge in [0.15, 0.2) is 0 Å². The SMILES string of the molecule is CN(C(=O)c1ccccc1-c1ccccc1C(=O)N(CCC(=O)O)CCc1ccccc1)c1ccccn1. The summed E-state index contributed by atoms with van der Waals surface area (Å²) in [5.41, 5.74) is 3.12. The number of rotatable bonds is 10. The molecular weight excluding hydrogens is 478 g/mol. The summed E-state index contributed by atoms with van der Waals surface area (Å²) in [5.74, 6) is -0.992. The average molecular weight is 508 g/mol. The summed E-state index contributed by atoms with van der Waals surface area (Å²) in [6.45, 7) is 0.450. The number of benzene rings is 3. The Morgan fingerprint density at radius 3 is 1.89 bits per heavy atom. The van der Waals surface area contributed by atoms with Crippen molar-refractivity contribution in [2.45, 2.75) is 12.8 Å². The van der Waals surface area contributed by atoms with Gasteiger partial charge in [0, 0.05) is 37.5 Å². The molecule has 3 aromatic carbocycles. The molecule has 0 aliphatic rings. The van der Waals surface area contributed by atoms with Gasteiger partial charge in [0.25, 0.3) is 11.8 Å². The molecule has 0 saturated carbocycles. The first-order valence-corrected chi connectivity index (χ1v) is 12.4. The Hall–Kier alpha value is -4.78. The quantitative estimate of drug-likeness (QED) is 0.319. The number of carbonyl (C=O) groups excluding carboxylic acids is 2. The minimum atomic E-state index is -0.968. The van der Waals surface area contributed by atoms with Gasteiger partial charge in [-0.15, -0.1) is 0 Å². The van der Waals surface area contributed by atoms with E-state index in [0.29, 0.717) is 41.0 Å². The zero-order chi connectivity index (χ0) is 26.9. The molecule has 0 aliphatic carbocycles. The van der Waals surface area contributed by atoms with E-state index in [-0.39, 0.29) is 24.8 Å². The van der Waals surface area contributed by atoms with Gasteiger partial charge in [-0.1, -0.05) is 72.8 Å².